The zero-order valence-corrected chi connectivity index (χ0v) is 21.0. The Labute approximate surface area is 210 Å². The van der Waals surface area contributed by atoms with Crippen molar-refractivity contribution in [2.75, 3.05) is 0 Å². The summed E-state index contributed by atoms with van der Waals surface area (Å²) in [6.07, 6.45) is 0. The summed E-state index contributed by atoms with van der Waals surface area (Å²) in [5.74, 6) is 0. The molecule has 0 aliphatic carbocycles. The molecule has 1 aliphatic heterocycles. The number of furan rings is 1. The second-order valence-electron chi connectivity index (χ2n) is 10.9. The lowest BCUT2D eigenvalue weighted by molar-refractivity contribution is 0.00578. The second-order valence-corrected chi connectivity index (χ2v) is 10.9. The summed E-state index contributed by atoms with van der Waals surface area (Å²) in [6.45, 7) is 8.37. The molecule has 7 rings (SSSR count). The van der Waals surface area contributed by atoms with Crippen LogP contribution in [0, 0.1) is 0 Å². The van der Waals surface area contributed by atoms with Gasteiger partial charge in [0.1, 0.15) is 11.2 Å². The molecule has 0 spiro atoms. The van der Waals surface area contributed by atoms with Crippen molar-refractivity contribution in [2.24, 2.45) is 0 Å². The van der Waals surface area contributed by atoms with E-state index in [2.05, 4.69) is 119 Å². The Hall–Kier alpha value is -3.60. The summed E-state index contributed by atoms with van der Waals surface area (Å²) >= 11 is 0. The van der Waals surface area contributed by atoms with Crippen LogP contribution in [0.1, 0.15) is 27.7 Å². The summed E-state index contributed by atoms with van der Waals surface area (Å²) in [5.41, 5.74) is 4.13. The molecule has 1 saturated heterocycles. The van der Waals surface area contributed by atoms with Crippen LogP contribution < -0.4 is 5.46 Å². The predicted octanol–water partition coefficient (Wildman–Crippen LogP) is 7.86. The fourth-order valence-corrected chi connectivity index (χ4v) is 5.31. The van der Waals surface area contributed by atoms with Gasteiger partial charge in [-0.15, -0.1) is 0 Å². The number of benzene rings is 5. The predicted molar refractivity (Wildman–Crippen MR) is 150 cm³/mol. The lowest BCUT2D eigenvalue weighted by Crippen LogP contribution is -2.41. The fourth-order valence-electron chi connectivity index (χ4n) is 5.31. The molecule has 0 unspecified atom stereocenters. The van der Waals surface area contributed by atoms with E-state index >= 15 is 0 Å². The molecule has 0 bridgehead atoms. The van der Waals surface area contributed by atoms with Crippen LogP contribution in [-0.4, -0.2) is 18.3 Å². The van der Waals surface area contributed by atoms with Crippen molar-refractivity contribution in [1.82, 2.24) is 0 Å². The maximum Gasteiger partial charge on any atom is 0.494 e. The van der Waals surface area contributed by atoms with Crippen LogP contribution >= 0.6 is 0 Å². The maximum atomic E-state index is 6.68. The first-order chi connectivity index (χ1) is 17.3. The average Bonchev–Trinajstić information content (AvgIpc) is 3.36. The molecule has 6 aromatic rings. The molecule has 0 atom stereocenters. The molecule has 0 saturated carbocycles. The van der Waals surface area contributed by atoms with Crippen molar-refractivity contribution < 1.29 is 13.7 Å². The summed E-state index contributed by atoms with van der Waals surface area (Å²) in [6, 6.07) is 32.1. The summed E-state index contributed by atoms with van der Waals surface area (Å²) in [5, 5.41) is 6.88. The first kappa shape index (κ1) is 21.7. The van der Waals surface area contributed by atoms with Gasteiger partial charge in [0.2, 0.25) is 0 Å². The molecule has 1 aliphatic rings. The molecule has 176 valence electrons. The van der Waals surface area contributed by atoms with Gasteiger partial charge >= 0.3 is 7.12 Å². The topological polar surface area (TPSA) is 31.6 Å². The molecule has 1 aromatic heterocycles. The van der Waals surface area contributed by atoms with Crippen molar-refractivity contribution in [3.63, 3.8) is 0 Å². The largest absolute Gasteiger partial charge is 0.494 e. The van der Waals surface area contributed by atoms with Gasteiger partial charge in [0.15, 0.2) is 0 Å². The molecule has 5 aromatic carbocycles. The first-order valence-corrected chi connectivity index (χ1v) is 12.5. The van der Waals surface area contributed by atoms with Gasteiger partial charge in [-0.2, -0.15) is 0 Å². The number of hydrogen-bond acceptors (Lipinski definition) is 3. The molecule has 36 heavy (non-hydrogen) atoms. The van der Waals surface area contributed by atoms with Gasteiger partial charge in [0.05, 0.1) is 11.2 Å². The van der Waals surface area contributed by atoms with Gasteiger partial charge in [0, 0.05) is 21.7 Å². The van der Waals surface area contributed by atoms with E-state index in [4.69, 9.17) is 13.7 Å². The van der Waals surface area contributed by atoms with Gasteiger partial charge in [-0.05, 0) is 67.0 Å². The number of rotatable bonds is 2. The van der Waals surface area contributed by atoms with Crippen molar-refractivity contribution in [1.29, 1.82) is 0 Å². The van der Waals surface area contributed by atoms with E-state index in [1.54, 1.807) is 0 Å². The van der Waals surface area contributed by atoms with Crippen LogP contribution in [0.4, 0.5) is 0 Å². The molecule has 0 amide bonds. The zero-order chi connectivity index (χ0) is 24.7. The molecule has 2 heterocycles. The van der Waals surface area contributed by atoms with E-state index in [9.17, 15) is 0 Å². The Kier molecular flexibility index (Phi) is 4.49. The Morgan fingerprint density at radius 2 is 1.22 bits per heavy atom. The summed E-state index contributed by atoms with van der Waals surface area (Å²) < 4.78 is 19.6. The van der Waals surface area contributed by atoms with Crippen LogP contribution in [0.3, 0.4) is 0 Å². The van der Waals surface area contributed by atoms with Gasteiger partial charge in [0.25, 0.3) is 0 Å². The van der Waals surface area contributed by atoms with Gasteiger partial charge in [-0.25, -0.2) is 0 Å². The molecule has 3 nitrogen and oxygen atoms in total. The lowest BCUT2D eigenvalue weighted by Gasteiger charge is -2.32. The van der Waals surface area contributed by atoms with Crippen molar-refractivity contribution in [3.8, 4) is 11.1 Å². The van der Waals surface area contributed by atoms with E-state index in [1.165, 1.54) is 16.2 Å². The standard InChI is InChI=1S/C32H27BO3/c1-31(2)32(3,4)36-33(35-31)24-18-27(23-14-13-20-9-5-6-11-22(20)17-23)30-28(19-24)26-16-15-21-10-7-8-12-25(21)29(26)34-30/h5-19H,1-4H3. The second kappa shape index (κ2) is 7.46. The Bertz CT molecular complexity index is 1800. The Morgan fingerprint density at radius 3 is 2.00 bits per heavy atom. The van der Waals surface area contributed by atoms with E-state index in [-0.39, 0.29) is 0 Å². The fraction of sp³-hybridized carbons (Fsp3) is 0.188. The number of hydrogen-bond donors (Lipinski definition) is 0. The van der Waals surface area contributed by atoms with Crippen molar-refractivity contribution >= 4 is 56.1 Å². The molecule has 1 fully saturated rings. The third-order valence-electron chi connectivity index (χ3n) is 8.07. The minimum Gasteiger partial charge on any atom is -0.455 e. The highest BCUT2D eigenvalue weighted by Gasteiger charge is 2.51. The molecule has 4 heteroatoms. The zero-order valence-electron chi connectivity index (χ0n) is 21.0. The van der Waals surface area contributed by atoms with Crippen LogP contribution in [0.15, 0.2) is 95.4 Å². The van der Waals surface area contributed by atoms with Crippen molar-refractivity contribution in [2.45, 2.75) is 38.9 Å². The minimum absolute atomic E-state index is 0.412. The van der Waals surface area contributed by atoms with Gasteiger partial charge in [-0.1, -0.05) is 78.9 Å². The van der Waals surface area contributed by atoms with Crippen LogP contribution in [-0.2, 0) is 9.31 Å². The number of fused-ring (bicyclic) bond motifs is 6. The van der Waals surface area contributed by atoms with Crippen LogP contribution in [0.25, 0.3) is 54.6 Å². The average molecular weight is 470 g/mol. The SMILES string of the molecule is CC1(C)OB(c2cc(-c3ccc4ccccc4c3)c3oc4c5ccccc5ccc4c3c2)OC1(C)C. The van der Waals surface area contributed by atoms with E-state index < -0.39 is 18.3 Å². The third kappa shape index (κ3) is 3.15. The summed E-state index contributed by atoms with van der Waals surface area (Å²) in [4.78, 5) is 0. The maximum absolute atomic E-state index is 6.68. The van der Waals surface area contributed by atoms with Gasteiger partial charge in [-0.3, -0.25) is 0 Å². The minimum atomic E-state index is -0.455. The van der Waals surface area contributed by atoms with E-state index in [1.807, 2.05) is 0 Å². The van der Waals surface area contributed by atoms with E-state index in [0.717, 1.165) is 43.9 Å². The van der Waals surface area contributed by atoms with Crippen LogP contribution in [0.5, 0.6) is 0 Å². The first-order valence-electron chi connectivity index (χ1n) is 12.5. The highest BCUT2D eigenvalue weighted by molar-refractivity contribution is 6.62. The molecular weight excluding hydrogens is 443 g/mol. The third-order valence-corrected chi connectivity index (χ3v) is 8.07. The lowest BCUT2D eigenvalue weighted by atomic mass is 9.77. The van der Waals surface area contributed by atoms with Gasteiger partial charge < -0.3 is 13.7 Å². The molecular formula is C32H27BO3. The normalized spacial score (nSPS) is 17.1. The monoisotopic (exact) mass is 470 g/mol. The smallest absolute Gasteiger partial charge is 0.455 e. The Balaban J connectivity index is 1.53. The quantitative estimate of drug-likeness (QED) is 0.242. The van der Waals surface area contributed by atoms with E-state index in [0.29, 0.717) is 0 Å². The molecule has 0 N–H and O–H groups in total. The molecule has 0 radical (unpaired) electrons. The Morgan fingerprint density at radius 1 is 0.556 bits per heavy atom. The summed E-state index contributed by atoms with van der Waals surface area (Å²) in [7, 11) is -0.455. The highest BCUT2D eigenvalue weighted by atomic mass is 16.7. The van der Waals surface area contributed by atoms with Crippen molar-refractivity contribution in [3.05, 3.63) is 91.0 Å². The highest BCUT2D eigenvalue weighted by Crippen LogP contribution is 2.41. The van der Waals surface area contributed by atoms with Crippen LogP contribution in [0.2, 0.25) is 0 Å².